The second-order valence-corrected chi connectivity index (χ2v) is 3.79. The third-order valence-corrected chi connectivity index (χ3v) is 2.29. The highest BCUT2D eigenvalue weighted by atomic mass is 16.4. The first kappa shape index (κ1) is 13.4. The number of carbonyl (C=O) groups excluding carboxylic acids is 1. The van der Waals surface area contributed by atoms with Crippen LogP contribution in [0.4, 0.5) is 0 Å². The standard InChI is InChI=1S/C11H22O3/c1-2-3-4-5-6-7-8-10(12)9-11(13)14/h10,12H,2-9H2,1H3,(H,13,14)/p-1. The van der Waals surface area contributed by atoms with Gasteiger partial charge in [0.05, 0.1) is 6.10 Å². The number of aliphatic hydroxyl groups excluding tert-OH is 1. The fraction of sp³-hybridized carbons (Fsp3) is 0.909. The van der Waals surface area contributed by atoms with E-state index in [9.17, 15) is 15.0 Å². The Morgan fingerprint density at radius 3 is 2.36 bits per heavy atom. The molecule has 0 amide bonds. The van der Waals surface area contributed by atoms with E-state index in [1.165, 1.54) is 25.7 Å². The van der Waals surface area contributed by atoms with Crippen LogP contribution in [0.2, 0.25) is 0 Å². The van der Waals surface area contributed by atoms with Gasteiger partial charge < -0.3 is 15.0 Å². The molecule has 0 aromatic carbocycles. The van der Waals surface area contributed by atoms with Crippen molar-refractivity contribution < 1.29 is 15.0 Å². The predicted octanol–water partition coefficient (Wildman–Crippen LogP) is 1.24. The van der Waals surface area contributed by atoms with Crippen LogP contribution in [-0.2, 0) is 4.79 Å². The van der Waals surface area contributed by atoms with Crippen LogP contribution < -0.4 is 5.11 Å². The van der Waals surface area contributed by atoms with Gasteiger partial charge in [-0.15, -0.1) is 0 Å². The molecule has 0 heterocycles. The molecule has 0 saturated heterocycles. The molecule has 0 aromatic rings. The second-order valence-electron chi connectivity index (χ2n) is 3.79. The summed E-state index contributed by atoms with van der Waals surface area (Å²) in [5.41, 5.74) is 0. The lowest BCUT2D eigenvalue weighted by molar-refractivity contribution is -0.307. The van der Waals surface area contributed by atoms with Crippen molar-refractivity contribution in [2.24, 2.45) is 0 Å². The Bertz CT molecular complexity index is 145. The molecule has 0 spiro atoms. The molecule has 0 radical (unpaired) electrons. The van der Waals surface area contributed by atoms with E-state index in [2.05, 4.69) is 6.92 Å². The van der Waals surface area contributed by atoms with Gasteiger partial charge in [0.1, 0.15) is 0 Å². The van der Waals surface area contributed by atoms with Gasteiger partial charge in [-0.3, -0.25) is 0 Å². The van der Waals surface area contributed by atoms with E-state index in [1.54, 1.807) is 0 Å². The Kier molecular flexibility index (Phi) is 8.64. The Hall–Kier alpha value is -0.570. The number of rotatable bonds is 9. The number of carbonyl (C=O) groups is 1. The van der Waals surface area contributed by atoms with Crippen molar-refractivity contribution in [1.82, 2.24) is 0 Å². The van der Waals surface area contributed by atoms with Gasteiger partial charge in [-0.25, -0.2) is 0 Å². The number of carboxylic acid groups (broad SMARTS) is 1. The first-order valence-electron chi connectivity index (χ1n) is 5.54. The molecule has 0 aliphatic heterocycles. The fourth-order valence-electron chi connectivity index (χ4n) is 1.45. The van der Waals surface area contributed by atoms with Gasteiger partial charge in [-0.1, -0.05) is 45.4 Å². The van der Waals surface area contributed by atoms with Crippen LogP contribution in [0.5, 0.6) is 0 Å². The summed E-state index contributed by atoms with van der Waals surface area (Å²) in [5.74, 6) is -1.16. The average molecular weight is 201 g/mol. The molecule has 3 heteroatoms. The molecular formula is C11H21O3-. The van der Waals surface area contributed by atoms with Crippen LogP contribution in [0, 0.1) is 0 Å². The van der Waals surface area contributed by atoms with Crippen LogP contribution in [0.25, 0.3) is 0 Å². The maximum absolute atomic E-state index is 10.1. The minimum Gasteiger partial charge on any atom is -0.550 e. The molecule has 0 aliphatic carbocycles. The summed E-state index contributed by atoms with van der Waals surface area (Å²) in [4.78, 5) is 10.1. The lowest BCUT2D eigenvalue weighted by atomic mass is 10.1. The number of hydrogen-bond donors (Lipinski definition) is 1. The van der Waals surface area contributed by atoms with E-state index < -0.39 is 12.1 Å². The summed E-state index contributed by atoms with van der Waals surface area (Å²) >= 11 is 0. The molecular weight excluding hydrogens is 180 g/mol. The fourth-order valence-corrected chi connectivity index (χ4v) is 1.45. The van der Waals surface area contributed by atoms with Gasteiger partial charge in [-0.2, -0.15) is 0 Å². The van der Waals surface area contributed by atoms with Crippen molar-refractivity contribution in [3.63, 3.8) is 0 Å². The monoisotopic (exact) mass is 201 g/mol. The molecule has 1 atom stereocenters. The molecule has 0 saturated carbocycles. The van der Waals surface area contributed by atoms with Crippen molar-refractivity contribution in [3.8, 4) is 0 Å². The number of aliphatic carboxylic acids is 1. The largest absolute Gasteiger partial charge is 0.550 e. The maximum atomic E-state index is 10.1. The Labute approximate surface area is 86.1 Å². The lowest BCUT2D eigenvalue weighted by Crippen LogP contribution is -2.27. The Morgan fingerprint density at radius 2 is 1.79 bits per heavy atom. The Morgan fingerprint density at radius 1 is 1.21 bits per heavy atom. The first-order valence-corrected chi connectivity index (χ1v) is 5.54. The third-order valence-electron chi connectivity index (χ3n) is 2.29. The number of aliphatic hydroxyl groups is 1. The van der Waals surface area contributed by atoms with Crippen molar-refractivity contribution in [2.45, 2.75) is 64.4 Å². The highest BCUT2D eigenvalue weighted by Gasteiger charge is 2.03. The summed E-state index contributed by atoms with van der Waals surface area (Å²) in [6.07, 6.45) is 6.57. The van der Waals surface area contributed by atoms with Gasteiger partial charge in [0.2, 0.25) is 0 Å². The number of hydrogen-bond acceptors (Lipinski definition) is 3. The highest BCUT2D eigenvalue weighted by molar-refractivity contribution is 5.64. The molecule has 0 bridgehead atoms. The summed E-state index contributed by atoms with van der Waals surface area (Å²) in [7, 11) is 0. The zero-order valence-electron chi connectivity index (χ0n) is 9.00. The summed E-state index contributed by atoms with van der Waals surface area (Å²) in [6, 6.07) is 0. The van der Waals surface area contributed by atoms with Crippen molar-refractivity contribution in [1.29, 1.82) is 0 Å². The van der Waals surface area contributed by atoms with Gasteiger partial charge in [-0.05, 0) is 6.42 Å². The topological polar surface area (TPSA) is 60.4 Å². The molecule has 1 unspecified atom stereocenters. The second kappa shape index (κ2) is 9.00. The summed E-state index contributed by atoms with van der Waals surface area (Å²) < 4.78 is 0. The first-order chi connectivity index (χ1) is 6.66. The van der Waals surface area contributed by atoms with E-state index in [0.29, 0.717) is 6.42 Å². The van der Waals surface area contributed by atoms with Gasteiger partial charge in [0.25, 0.3) is 0 Å². The minimum absolute atomic E-state index is 0.227. The van der Waals surface area contributed by atoms with E-state index in [4.69, 9.17) is 0 Å². The third kappa shape index (κ3) is 9.52. The van der Waals surface area contributed by atoms with E-state index in [0.717, 1.165) is 12.8 Å². The van der Waals surface area contributed by atoms with Crippen molar-refractivity contribution in [3.05, 3.63) is 0 Å². The summed E-state index contributed by atoms with van der Waals surface area (Å²) in [5, 5.41) is 19.3. The lowest BCUT2D eigenvalue weighted by Gasteiger charge is -2.10. The molecule has 0 aliphatic rings. The normalized spacial score (nSPS) is 12.7. The van der Waals surface area contributed by atoms with Gasteiger partial charge in [0.15, 0.2) is 0 Å². The van der Waals surface area contributed by atoms with Crippen LogP contribution in [0.3, 0.4) is 0 Å². The molecule has 1 N–H and O–H groups in total. The maximum Gasteiger partial charge on any atom is 0.0592 e. The number of carboxylic acids is 1. The van der Waals surface area contributed by atoms with Crippen molar-refractivity contribution in [2.75, 3.05) is 0 Å². The smallest absolute Gasteiger partial charge is 0.0592 e. The zero-order valence-corrected chi connectivity index (χ0v) is 9.00. The predicted molar refractivity (Wildman–Crippen MR) is 53.6 cm³/mol. The molecule has 3 nitrogen and oxygen atoms in total. The molecule has 84 valence electrons. The van der Waals surface area contributed by atoms with Crippen LogP contribution in [-0.4, -0.2) is 17.2 Å². The molecule has 0 fully saturated rings. The van der Waals surface area contributed by atoms with Gasteiger partial charge in [0, 0.05) is 12.4 Å². The molecule has 14 heavy (non-hydrogen) atoms. The van der Waals surface area contributed by atoms with Crippen LogP contribution >= 0.6 is 0 Å². The SMILES string of the molecule is CCCCCCCCC(O)CC(=O)[O-]. The number of unbranched alkanes of at least 4 members (excludes halogenated alkanes) is 5. The van der Waals surface area contributed by atoms with Gasteiger partial charge >= 0.3 is 0 Å². The van der Waals surface area contributed by atoms with Crippen LogP contribution in [0.15, 0.2) is 0 Å². The average Bonchev–Trinajstić information content (AvgIpc) is 2.10. The van der Waals surface area contributed by atoms with E-state index in [-0.39, 0.29) is 6.42 Å². The zero-order chi connectivity index (χ0) is 10.8. The molecule has 0 aromatic heterocycles. The van der Waals surface area contributed by atoms with E-state index >= 15 is 0 Å². The van der Waals surface area contributed by atoms with E-state index in [1.807, 2.05) is 0 Å². The quantitative estimate of drug-likeness (QED) is 0.571. The van der Waals surface area contributed by atoms with Crippen LogP contribution in [0.1, 0.15) is 58.3 Å². The minimum atomic E-state index is -1.16. The highest BCUT2D eigenvalue weighted by Crippen LogP contribution is 2.09. The molecule has 0 rings (SSSR count). The van der Waals surface area contributed by atoms with Crippen molar-refractivity contribution >= 4 is 5.97 Å². The summed E-state index contributed by atoms with van der Waals surface area (Å²) in [6.45, 7) is 2.17. The Balaban J connectivity index is 3.14.